The van der Waals surface area contributed by atoms with Crippen molar-refractivity contribution in [2.24, 2.45) is 0 Å². The molecule has 1 aromatic carbocycles. The molecule has 1 unspecified atom stereocenters. The SMILES string of the molecule is O=C(NC1CCCCC1)NC(C(=O)N1CCCCC1)c1ccccc1. The third-order valence-electron chi connectivity index (χ3n) is 5.26. The van der Waals surface area contributed by atoms with Gasteiger partial charge in [-0.2, -0.15) is 0 Å². The molecule has 1 saturated carbocycles. The van der Waals surface area contributed by atoms with Crippen LogP contribution in [-0.4, -0.2) is 36.0 Å². The van der Waals surface area contributed by atoms with Gasteiger partial charge >= 0.3 is 6.03 Å². The van der Waals surface area contributed by atoms with Crippen molar-refractivity contribution in [3.8, 4) is 0 Å². The summed E-state index contributed by atoms with van der Waals surface area (Å²) in [6.07, 6.45) is 8.91. The fourth-order valence-corrected chi connectivity index (χ4v) is 3.84. The van der Waals surface area contributed by atoms with Crippen molar-refractivity contribution >= 4 is 11.9 Å². The van der Waals surface area contributed by atoms with Crippen molar-refractivity contribution in [1.29, 1.82) is 0 Å². The van der Waals surface area contributed by atoms with E-state index in [0.29, 0.717) is 0 Å². The molecule has 0 radical (unpaired) electrons. The molecule has 0 bridgehead atoms. The van der Waals surface area contributed by atoms with Crippen molar-refractivity contribution in [2.45, 2.75) is 63.5 Å². The minimum Gasteiger partial charge on any atom is -0.341 e. The van der Waals surface area contributed by atoms with Gasteiger partial charge in [0.25, 0.3) is 0 Å². The number of nitrogens with one attached hydrogen (secondary N) is 2. The molecule has 1 aliphatic heterocycles. The maximum absolute atomic E-state index is 13.0. The largest absolute Gasteiger partial charge is 0.341 e. The third kappa shape index (κ3) is 4.97. The molecule has 0 spiro atoms. The second kappa shape index (κ2) is 8.88. The predicted molar refractivity (Wildman–Crippen MR) is 98.2 cm³/mol. The summed E-state index contributed by atoms with van der Waals surface area (Å²) in [5.41, 5.74) is 0.844. The molecule has 1 aliphatic carbocycles. The Balaban J connectivity index is 1.67. The van der Waals surface area contributed by atoms with Gasteiger partial charge in [0.2, 0.25) is 5.91 Å². The van der Waals surface area contributed by atoms with E-state index in [4.69, 9.17) is 0 Å². The van der Waals surface area contributed by atoms with E-state index >= 15 is 0 Å². The van der Waals surface area contributed by atoms with Crippen molar-refractivity contribution in [2.75, 3.05) is 13.1 Å². The number of urea groups is 1. The average Bonchev–Trinajstić information content (AvgIpc) is 2.68. The molecule has 2 fully saturated rings. The quantitative estimate of drug-likeness (QED) is 0.880. The van der Waals surface area contributed by atoms with Crippen LogP contribution >= 0.6 is 0 Å². The van der Waals surface area contributed by atoms with Gasteiger partial charge in [0, 0.05) is 19.1 Å². The third-order valence-corrected chi connectivity index (χ3v) is 5.26. The lowest BCUT2D eigenvalue weighted by molar-refractivity contribution is -0.134. The number of hydrogen-bond donors (Lipinski definition) is 2. The Morgan fingerprint density at radius 1 is 0.920 bits per heavy atom. The Morgan fingerprint density at radius 3 is 2.24 bits per heavy atom. The molecular weight excluding hydrogens is 314 g/mol. The summed E-state index contributed by atoms with van der Waals surface area (Å²) in [7, 11) is 0. The zero-order chi connectivity index (χ0) is 17.5. The van der Waals surface area contributed by atoms with Gasteiger partial charge in [0.1, 0.15) is 6.04 Å². The maximum atomic E-state index is 13.0. The first-order chi connectivity index (χ1) is 12.2. The van der Waals surface area contributed by atoms with Crippen LogP contribution in [0.4, 0.5) is 4.79 Å². The highest BCUT2D eigenvalue weighted by molar-refractivity contribution is 5.88. The molecule has 1 aromatic rings. The standard InChI is InChI=1S/C20H29N3O2/c24-19(23-14-8-3-9-15-23)18(16-10-4-1-5-11-16)22-20(25)21-17-12-6-2-7-13-17/h1,4-5,10-11,17-18H,2-3,6-9,12-15H2,(H2,21,22,25). The lowest BCUT2D eigenvalue weighted by Gasteiger charge is -2.31. The summed E-state index contributed by atoms with van der Waals surface area (Å²) in [6.45, 7) is 1.57. The number of carbonyl (C=O) groups is 2. The first-order valence-corrected chi connectivity index (χ1v) is 9.65. The molecule has 2 aliphatic rings. The molecule has 1 heterocycles. The van der Waals surface area contributed by atoms with Crippen LogP contribution in [0.15, 0.2) is 30.3 Å². The van der Waals surface area contributed by atoms with Crippen LogP contribution in [0.3, 0.4) is 0 Å². The Kier molecular flexibility index (Phi) is 6.31. The molecule has 3 rings (SSSR count). The molecule has 1 atom stereocenters. The zero-order valence-corrected chi connectivity index (χ0v) is 14.9. The molecule has 2 N–H and O–H groups in total. The number of rotatable bonds is 4. The fraction of sp³-hybridized carbons (Fsp3) is 0.600. The summed E-state index contributed by atoms with van der Waals surface area (Å²) in [5, 5.41) is 5.99. The van der Waals surface area contributed by atoms with E-state index < -0.39 is 6.04 Å². The van der Waals surface area contributed by atoms with Gasteiger partial charge in [-0.25, -0.2) is 4.79 Å². The van der Waals surface area contributed by atoms with E-state index in [2.05, 4.69) is 10.6 Å². The van der Waals surface area contributed by atoms with Crippen LogP contribution in [0.2, 0.25) is 0 Å². The van der Waals surface area contributed by atoms with Gasteiger partial charge in [-0.3, -0.25) is 4.79 Å². The normalized spacial score (nSPS) is 19.9. The minimum atomic E-state index is -0.608. The Hall–Kier alpha value is -2.04. The monoisotopic (exact) mass is 343 g/mol. The smallest absolute Gasteiger partial charge is 0.315 e. The van der Waals surface area contributed by atoms with Crippen molar-refractivity contribution in [3.05, 3.63) is 35.9 Å². The van der Waals surface area contributed by atoms with E-state index in [-0.39, 0.29) is 18.0 Å². The van der Waals surface area contributed by atoms with Gasteiger partial charge in [-0.05, 0) is 37.7 Å². The van der Waals surface area contributed by atoms with Crippen LogP contribution in [0.25, 0.3) is 0 Å². The highest BCUT2D eigenvalue weighted by Crippen LogP contribution is 2.20. The summed E-state index contributed by atoms with van der Waals surface area (Å²) in [5.74, 6) is 0.00435. The molecule has 5 nitrogen and oxygen atoms in total. The fourth-order valence-electron chi connectivity index (χ4n) is 3.84. The first kappa shape index (κ1) is 17.8. The van der Waals surface area contributed by atoms with Crippen molar-refractivity contribution in [3.63, 3.8) is 0 Å². The zero-order valence-electron chi connectivity index (χ0n) is 14.9. The summed E-state index contributed by atoms with van der Waals surface area (Å²) in [6, 6.07) is 8.96. The van der Waals surface area contributed by atoms with E-state index in [1.807, 2.05) is 35.2 Å². The molecule has 3 amide bonds. The topological polar surface area (TPSA) is 61.4 Å². The Bertz CT molecular complexity index is 564. The second-order valence-electron chi connectivity index (χ2n) is 7.18. The molecule has 25 heavy (non-hydrogen) atoms. The lowest BCUT2D eigenvalue weighted by Crippen LogP contribution is -2.49. The molecule has 5 heteroatoms. The summed E-state index contributed by atoms with van der Waals surface area (Å²) < 4.78 is 0. The van der Waals surface area contributed by atoms with Crippen LogP contribution in [0.5, 0.6) is 0 Å². The molecule has 0 aromatic heterocycles. The molecule has 1 saturated heterocycles. The van der Waals surface area contributed by atoms with Crippen LogP contribution in [0, 0.1) is 0 Å². The molecule has 136 valence electrons. The van der Waals surface area contributed by atoms with E-state index in [0.717, 1.165) is 44.3 Å². The first-order valence-electron chi connectivity index (χ1n) is 9.65. The van der Waals surface area contributed by atoms with E-state index in [1.165, 1.54) is 25.7 Å². The van der Waals surface area contributed by atoms with Gasteiger partial charge in [0.15, 0.2) is 0 Å². The van der Waals surface area contributed by atoms with E-state index in [9.17, 15) is 9.59 Å². The highest BCUT2D eigenvalue weighted by atomic mass is 16.2. The van der Waals surface area contributed by atoms with Gasteiger partial charge in [-0.1, -0.05) is 49.6 Å². The van der Waals surface area contributed by atoms with Crippen LogP contribution in [-0.2, 0) is 4.79 Å². The van der Waals surface area contributed by atoms with E-state index in [1.54, 1.807) is 0 Å². The van der Waals surface area contributed by atoms with Gasteiger partial charge in [0.05, 0.1) is 0 Å². The van der Waals surface area contributed by atoms with Gasteiger partial charge in [-0.15, -0.1) is 0 Å². The highest BCUT2D eigenvalue weighted by Gasteiger charge is 2.29. The summed E-state index contributed by atoms with van der Waals surface area (Å²) >= 11 is 0. The number of benzene rings is 1. The van der Waals surface area contributed by atoms with Crippen molar-refractivity contribution < 1.29 is 9.59 Å². The number of carbonyl (C=O) groups excluding carboxylic acids is 2. The number of amides is 3. The van der Waals surface area contributed by atoms with Crippen LogP contribution in [0.1, 0.15) is 63.0 Å². The predicted octanol–water partition coefficient (Wildman–Crippen LogP) is 3.37. The Labute approximate surface area is 150 Å². The number of nitrogens with zero attached hydrogens (tertiary/aromatic N) is 1. The molecular formula is C20H29N3O2. The van der Waals surface area contributed by atoms with Crippen LogP contribution < -0.4 is 10.6 Å². The second-order valence-corrected chi connectivity index (χ2v) is 7.18. The maximum Gasteiger partial charge on any atom is 0.315 e. The number of hydrogen-bond acceptors (Lipinski definition) is 2. The average molecular weight is 343 g/mol. The number of likely N-dealkylation sites (tertiary alicyclic amines) is 1. The van der Waals surface area contributed by atoms with Crippen molar-refractivity contribution in [1.82, 2.24) is 15.5 Å². The van der Waals surface area contributed by atoms with Gasteiger partial charge < -0.3 is 15.5 Å². The lowest BCUT2D eigenvalue weighted by atomic mass is 9.96. The summed E-state index contributed by atoms with van der Waals surface area (Å²) in [4.78, 5) is 27.4. The minimum absolute atomic E-state index is 0.00435. The Morgan fingerprint density at radius 2 is 1.56 bits per heavy atom. The number of piperidine rings is 1.